The quantitative estimate of drug-likeness (QED) is 0.808. The summed E-state index contributed by atoms with van der Waals surface area (Å²) in [6.45, 7) is 0. The Morgan fingerprint density at radius 3 is 3.11 bits per heavy atom. The fourth-order valence-corrected chi connectivity index (χ4v) is 4.35. The third-order valence-corrected chi connectivity index (χ3v) is 5.53. The van der Waals surface area contributed by atoms with Gasteiger partial charge < -0.3 is 5.32 Å². The maximum absolute atomic E-state index is 12.1. The lowest BCUT2D eigenvalue weighted by Crippen LogP contribution is -2.29. The van der Waals surface area contributed by atoms with Gasteiger partial charge in [0.1, 0.15) is 0 Å². The molecule has 0 bridgehead atoms. The molecule has 5 heteroatoms. The SMILES string of the molecule is O=C(NC1CCCc2sccc21)c1cc(S)cs1. The third-order valence-electron chi connectivity index (χ3n) is 3.17. The third kappa shape index (κ3) is 2.35. The highest BCUT2D eigenvalue weighted by molar-refractivity contribution is 7.80. The Morgan fingerprint density at radius 2 is 2.33 bits per heavy atom. The molecule has 94 valence electrons. The van der Waals surface area contributed by atoms with Crippen LogP contribution in [0.15, 0.2) is 27.8 Å². The monoisotopic (exact) mass is 295 g/mol. The van der Waals surface area contributed by atoms with E-state index < -0.39 is 0 Å². The second kappa shape index (κ2) is 5.07. The molecule has 2 nitrogen and oxygen atoms in total. The minimum atomic E-state index is 0.0179. The lowest BCUT2D eigenvalue weighted by Gasteiger charge is -2.23. The summed E-state index contributed by atoms with van der Waals surface area (Å²) in [6, 6.07) is 4.14. The van der Waals surface area contributed by atoms with E-state index in [1.807, 2.05) is 11.4 Å². The maximum Gasteiger partial charge on any atom is 0.261 e. The molecule has 2 heterocycles. The topological polar surface area (TPSA) is 29.1 Å². The van der Waals surface area contributed by atoms with Crippen molar-refractivity contribution in [3.63, 3.8) is 0 Å². The van der Waals surface area contributed by atoms with E-state index in [-0.39, 0.29) is 11.9 Å². The minimum absolute atomic E-state index is 0.0179. The molecule has 0 aliphatic heterocycles. The van der Waals surface area contributed by atoms with Gasteiger partial charge in [-0.2, -0.15) is 0 Å². The van der Waals surface area contributed by atoms with Crippen LogP contribution in [0.5, 0.6) is 0 Å². The van der Waals surface area contributed by atoms with Crippen molar-refractivity contribution in [2.24, 2.45) is 0 Å². The van der Waals surface area contributed by atoms with Crippen LogP contribution in [0.1, 0.15) is 39.0 Å². The maximum atomic E-state index is 12.1. The number of rotatable bonds is 2. The summed E-state index contributed by atoms with van der Waals surface area (Å²) < 4.78 is 0. The lowest BCUT2D eigenvalue weighted by atomic mass is 9.94. The van der Waals surface area contributed by atoms with Crippen LogP contribution >= 0.6 is 35.3 Å². The fraction of sp³-hybridized carbons (Fsp3) is 0.308. The molecule has 0 saturated heterocycles. The number of amides is 1. The van der Waals surface area contributed by atoms with Crippen molar-refractivity contribution in [1.82, 2.24) is 5.32 Å². The highest BCUT2D eigenvalue weighted by Gasteiger charge is 2.23. The Balaban J connectivity index is 1.77. The van der Waals surface area contributed by atoms with Crippen molar-refractivity contribution >= 4 is 41.2 Å². The molecule has 0 spiro atoms. The Kier molecular flexibility index (Phi) is 3.46. The number of thiol groups is 1. The van der Waals surface area contributed by atoms with E-state index in [1.54, 1.807) is 11.3 Å². The number of carbonyl (C=O) groups excluding carboxylic acids is 1. The highest BCUT2D eigenvalue weighted by atomic mass is 32.1. The zero-order valence-electron chi connectivity index (χ0n) is 9.68. The Bertz CT molecular complexity index is 572. The van der Waals surface area contributed by atoms with Crippen molar-refractivity contribution in [1.29, 1.82) is 0 Å². The predicted octanol–water partition coefficient (Wildman–Crippen LogP) is 3.91. The number of aryl methyl sites for hydroxylation is 1. The van der Waals surface area contributed by atoms with E-state index in [1.165, 1.54) is 21.8 Å². The number of hydrogen-bond acceptors (Lipinski definition) is 4. The molecule has 1 N–H and O–H groups in total. The first-order valence-electron chi connectivity index (χ1n) is 5.88. The van der Waals surface area contributed by atoms with Gasteiger partial charge in [-0.25, -0.2) is 0 Å². The molecule has 1 atom stereocenters. The summed E-state index contributed by atoms with van der Waals surface area (Å²) in [6.07, 6.45) is 3.34. The molecule has 0 saturated carbocycles. The zero-order chi connectivity index (χ0) is 12.5. The molecule has 0 fully saturated rings. The first-order valence-corrected chi connectivity index (χ1v) is 8.09. The molecule has 18 heavy (non-hydrogen) atoms. The number of nitrogens with one attached hydrogen (secondary N) is 1. The summed E-state index contributed by atoms with van der Waals surface area (Å²) in [4.78, 5) is 15.1. The number of hydrogen-bond donors (Lipinski definition) is 2. The highest BCUT2D eigenvalue weighted by Crippen LogP contribution is 2.33. The summed E-state index contributed by atoms with van der Waals surface area (Å²) >= 11 is 7.47. The van der Waals surface area contributed by atoms with Crippen LogP contribution in [0.3, 0.4) is 0 Å². The van der Waals surface area contributed by atoms with Gasteiger partial charge in [0.15, 0.2) is 0 Å². The van der Waals surface area contributed by atoms with Gasteiger partial charge in [0.05, 0.1) is 10.9 Å². The van der Waals surface area contributed by atoms with Crippen LogP contribution in [-0.4, -0.2) is 5.91 Å². The van der Waals surface area contributed by atoms with Gasteiger partial charge in [-0.15, -0.1) is 35.3 Å². The first-order chi connectivity index (χ1) is 8.74. The van der Waals surface area contributed by atoms with Crippen LogP contribution in [0.2, 0.25) is 0 Å². The molecule has 2 aromatic rings. The molecule has 1 amide bonds. The average Bonchev–Trinajstić information content (AvgIpc) is 2.97. The molecule has 0 aromatic carbocycles. The van der Waals surface area contributed by atoms with Gasteiger partial charge in [0.25, 0.3) is 5.91 Å². The van der Waals surface area contributed by atoms with Gasteiger partial charge in [0.2, 0.25) is 0 Å². The molecule has 1 aliphatic rings. The van der Waals surface area contributed by atoms with Crippen LogP contribution in [0, 0.1) is 0 Å². The standard InChI is InChI=1S/C13H13NOS3/c15-13(12-6-8(16)7-18-12)14-10-2-1-3-11-9(10)4-5-17-11/h4-7,10,16H,1-3H2,(H,14,15). The number of carbonyl (C=O) groups is 1. The Morgan fingerprint density at radius 1 is 1.44 bits per heavy atom. The van der Waals surface area contributed by atoms with Crippen molar-refractivity contribution in [3.05, 3.63) is 38.2 Å². The molecular formula is C13H13NOS3. The second-order valence-corrected chi connectivity index (χ2v) is 6.81. The fourth-order valence-electron chi connectivity index (χ4n) is 2.31. The number of fused-ring (bicyclic) bond motifs is 1. The van der Waals surface area contributed by atoms with Crippen molar-refractivity contribution in [3.8, 4) is 0 Å². The van der Waals surface area contributed by atoms with Gasteiger partial charge in [-0.3, -0.25) is 4.79 Å². The van der Waals surface area contributed by atoms with E-state index in [2.05, 4.69) is 29.4 Å². The smallest absolute Gasteiger partial charge is 0.261 e. The predicted molar refractivity (Wildman–Crippen MR) is 79.0 cm³/mol. The second-order valence-electron chi connectivity index (χ2n) is 4.39. The average molecular weight is 295 g/mol. The van der Waals surface area contributed by atoms with Crippen LogP contribution in [0.4, 0.5) is 0 Å². The molecule has 3 rings (SSSR count). The summed E-state index contributed by atoms with van der Waals surface area (Å²) in [5.41, 5.74) is 1.31. The molecule has 1 unspecified atom stereocenters. The van der Waals surface area contributed by atoms with Crippen molar-refractivity contribution in [2.75, 3.05) is 0 Å². The summed E-state index contributed by atoms with van der Waals surface area (Å²) in [5, 5.41) is 7.14. The molecule has 2 aromatic heterocycles. The summed E-state index contributed by atoms with van der Waals surface area (Å²) in [7, 11) is 0. The largest absolute Gasteiger partial charge is 0.344 e. The van der Waals surface area contributed by atoms with Gasteiger partial charge >= 0.3 is 0 Å². The van der Waals surface area contributed by atoms with E-state index >= 15 is 0 Å². The van der Waals surface area contributed by atoms with E-state index in [0.29, 0.717) is 0 Å². The Hall–Kier alpha value is -0.780. The van der Waals surface area contributed by atoms with Crippen LogP contribution < -0.4 is 5.32 Å². The molecular weight excluding hydrogens is 282 g/mol. The molecule has 1 aliphatic carbocycles. The normalized spacial score (nSPS) is 18.4. The van der Waals surface area contributed by atoms with Crippen LogP contribution in [-0.2, 0) is 6.42 Å². The minimum Gasteiger partial charge on any atom is -0.344 e. The summed E-state index contributed by atoms with van der Waals surface area (Å²) in [5.74, 6) is 0.0179. The lowest BCUT2D eigenvalue weighted by molar-refractivity contribution is 0.0937. The van der Waals surface area contributed by atoms with Gasteiger partial charge in [-0.1, -0.05) is 0 Å². The zero-order valence-corrected chi connectivity index (χ0v) is 12.2. The van der Waals surface area contributed by atoms with Crippen molar-refractivity contribution in [2.45, 2.75) is 30.2 Å². The first kappa shape index (κ1) is 12.3. The Labute approximate surface area is 119 Å². The van der Waals surface area contributed by atoms with Gasteiger partial charge in [0, 0.05) is 15.2 Å². The van der Waals surface area contributed by atoms with Crippen molar-refractivity contribution < 1.29 is 4.79 Å². The van der Waals surface area contributed by atoms with Gasteiger partial charge in [-0.05, 0) is 42.3 Å². The van der Waals surface area contributed by atoms with E-state index in [4.69, 9.17) is 0 Å². The van der Waals surface area contributed by atoms with Crippen LogP contribution in [0.25, 0.3) is 0 Å². The number of thiophene rings is 2. The van der Waals surface area contributed by atoms with E-state index in [0.717, 1.165) is 29.0 Å². The molecule has 0 radical (unpaired) electrons. The van der Waals surface area contributed by atoms with E-state index in [9.17, 15) is 4.79 Å².